The molecule has 2 aromatic rings. The van der Waals surface area contributed by atoms with Crippen LogP contribution >= 0.6 is 12.6 Å². The van der Waals surface area contributed by atoms with Crippen molar-refractivity contribution in [3.8, 4) is 0 Å². The first kappa shape index (κ1) is 9.24. The highest BCUT2D eigenvalue weighted by Crippen LogP contribution is 2.34. The molecule has 1 aromatic carbocycles. The molecule has 0 amide bonds. The van der Waals surface area contributed by atoms with Crippen molar-refractivity contribution in [3.63, 3.8) is 0 Å². The molecule has 0 spiro atoms. The Morgan fingerprint density at radius 2 is 2.27 bits per heavy atom. The van der Waals surface area contributed by atoms with E-state index in [9.17, 15) is 0 Å². The van der Waals surface area contributed by atoms with Crippen LogP contribution in [-0.2, 0) is 10.2 Å². The molecular weight excluding hydrogens is 210 g/mol. The Labute approximate surface area is 92.8 Å². The molecule has 3 nitrogen and oxygen atoms in total. The molecule has 0 unspecified atom stereocenters. The van der Waals surface area contributed by atoms with Crippen molar-refractivity contribution in [1.82, 2.24) is 4.98 Å². The third-order valence-electron chi connectivity index (χ3n) is 3.00. The molecular formula is C11H11NO2S. The number of aromatic nitrogens is 1. The molecule has 1 fully saturated rings. The van der Waals surface area contributed by atoms with Gasteiger partial charge in [0.2, 0.25) is 0 Å². The maximum absolute atomic E-state index is 5.29. The zero-order chi connectivity index (χ0) is 10.3. The van der Waals surface area contributed by atoms with Gasteiger partial charge in [-0.1, -0.05) is 6.07 Å². The number of ether oxygens (including phenoxy) is 1. The van der Waals surface area contributed by atoms with Gasteiger partial charge in [-0.25, -0.2) is 4.98 Å². The molecule has 1 saturated heterocycles. The van der Waals surface area contributed by atoms with Gasteiger partial charge < -0.3 is 9.15 Å². The summed E-state index contributed by atoms with van der Waals surface area (Å²) in [7, 11) is 0. The second-order valence-corrected chi connectivity index (χ2v) is 4.28. The first-order valence-electron chi connectivity index (χ1n) is 4.86. The first-order valence-corrected chi connectivity index (χ1v) is 5.50. The molecule has 0 N–H and O–H groups in total. The minimum atomic E-state index is 0.0735. The van der Waals surface area contributed by atoms with Crippen LogP contribution in [0, 0.1) is 0 Å². The summed E-state index contributed by atoms with van der Waals surface area (Å²) >= 11 is 4.40. The van der Waals surface area contributed by atoms with Crippen LogP contribution in [0.15, 0.2) is 29.0 Å². The van der Waals surface area contributed by atoms with Crippen LogP contribution in [0.25, 0.3) is 11.1 Å². The van der Waals surface area contributed by atoms with E-state index in [1.54, 1.807) is 0 Å². The standard InChI is InChI=1S/C11H11NO2S/c15-6-11(4-13-5-11)8-1-2-9-10(3-8)14-7-12-9/h1-3,7,15H,4-6H2. The maximum atomic E-state index is 5.29. The Kier molecular flexibility index (Phi) is 2.00. The summed E-state index contributed by atoms with van der Waals surface area (Å²) in [5, 5.41) is 0. The quantitative estimate of drug-likeness (QED) is 0.788. The number of hydrogen-bond acceptors (Lipinski definition) is 4. The van der Waals surface area contributed by atoms with E-state index in [1.807, 2.05) is 12.1 Å². The van der Waals surface area contributed by atoms with Crippen molar-refractivity contribution in [2.75, 3.05) is 19.0 Å². The zero-order valence-corrected chi connectivity index (χ0v) is 9.04. The summed E-state index contributed by atoms with van der Waals surface area (Å²) in [5.74, 6) is 0.798. The van der Waals surface area contributed by atoms with Gasteiger partial charge in [0.15, 0.2) is 12.0 Å². The summed E-state index contributed by atoms with van der Waals surface area (Å²) in [6, 6.07) is 6.11. The number of nitrogens with zero attached hydrogens (tertiary/aromatic N) is 1. The van der Waals surface area contributed by atoms with Crippen molar-refractivity contribution in [1.29, 1.82) is 0 Å². The molecule has 0 radical (unpaired) electrons. The average molecular weight is 221 g/mol. The van der Waals surface area contributed by atoms with Crippen LogP contribution in [0.1, 0.15) is 5.56 Å². The van der Waals surface area contributed by atoms with Gasteiger partial charge in [-0.15, -0.1) is 0 Å². The fraction of sp³-hybridized carbons (Fsp3) is 0.364. The summed E-state index contributed by atoms with van der Waals surface area (Å²) in [4.78, 5) is 4.09. The fourth-order valence-corrected chi connectivity index (χ4v) is 2.25. The predicted octanol–water partition coefficient (Wildman–Crippen LogP) is 2.03. The van der Waals surface area contributed by atoms with Gasteiger partial charge in [-0.05, 0) is 17.7 Å². The van der Waals surface area contributed by atoms with Gasteiger partial charge in [0, 0.05) is 5.75 Å². The van der Waals surface area contributed by atoms with E-state index in [-0.39, 0.29) is 5.41 Å². The number of benzene rings is 1. The van der Waals surface area contributed by atoms with Crippen LogP contribution < -0.4 is 0 Å². The molecule has 0 bridgehead atoms. The van der Waals surface area contributed by atoms with Crippen molar-refractivity contribution < 1.29 is 9.15 Å². The van der Waals surface area contributed by atoms with Crippen LogP contribution in [0.4, 0.5) is 0 Å². The van der Waals surface area contributed by atoms with E-state index in [4.69, 9.17) is 9.15 Å². The zero-order valence-electron chi connectivity index (χ0n) is 8.14. The highest BCUT2D eigenvalue weighted by Gasteiger charge is 2.39. The Morgan fingerprint density at radius 1 is 1.40 bits per heavy atom. The lowest BCUT2D eigenvalue weighted by Crippen LogP contribution is -2.48. The number of thiol groups is 1. The summed E-state index contributed by atoms with van der Waals surface area (Å²) in [6.45, 7) is 1.49. The molecule has 2 heterocycles. The van der Waals surface area contributed by atoms with Crippen molar-refractivity contribution in [3.05, 3.63) is 30.2 Å². The normalized spacial score (nSPS) is 19.0. The van der Waals surface area contributed by atoms with Crippen molar-refractivity contribution >= 4 is 23.7 Å². The van der Waals surface area contributed by atoms with E-state index >= 15 is 0 Å². The first-order chi connectivity index (χ1) is 7.34. The van der Waals surface area contributed by atoms with E-state index in [2.05, 4.69) is 23.7 Å². The lowest BCUT2D eigenvalue weighted by Gasteiger charge is -2.40. The highest BCUT2D eigenvalue weighted by atomic mass is 32.1. The summed E-state index contributed by atoms with van der Waals surface area (Å²) < 4.78 is 10.6. The molecule has 3 rings (SSSR count). The third-order valence-corrected chi connectivity index (χ3v) is 3.61. The predicted molar refractivity (Wildman–Crippen MR) is 60.4 cm³/mol. The molecule has 0 atom stereocenters. The van der Waals surface area contributed by atoms with Gasteiger partial charge in [0.1, 0.15) is 5.52 Å². The van der Waals surface area contributed by atoms with Crippen molar-refractivity contribution in [2.45, 2.75) is 5.41 Å². The van der Waals surface area contributed by atoms with Crippen LogP contribution in [0.2, 0.25) is 0 Å². The van der Waals surface area contributed by atoms with Crippen LogP contribution in [0.5, 0.6) is 0 Å². The molecule has 0 aliphatic carbocycles. The second kappa shape index (κ2) is 3.25. The fourth-order valence-electron chi connectivity index (χ4n) is 1.88. The lowest BCUT2D eigenvalue weighted by atomic mass is 9.80. The van der Waals surface area contributed by atoms with Gasteiger partial charge in [0.25, 0.3) is 0 Å². The average Bonchev–Trinajstić information content (AvgIpc) is 2.64. The second-order valence-electron chi connectivity index (χ2n) is 3.97. The lowest BCUT2D eigenvalue weighted by molar-refractivity contribution is -0.0470. The Hall–Kier alpha value is -1.00. The number of oxazole rings is 1. The molecule has 1 aliphatic rings. The van der Waals surface area contributed by atoms with Crippen molar-refractivity contribution in [2.24, 2.45) is 0 Å². The molecule has 15 heavy (non-hydrogen) atoms. The third kappa shape index (κ3) is 1.28. The minimum Gasteiger partial charge on any atom is -0.443 e. The van der Waals surface area contributed by atoms with Crippen LogP contribution in [0.3, 0.4) is 0 Å². The topological polar surface area (TPSA) is 35.3 Å². The Morgan fingerprint density at radius 3 is 2.93 bits per heavy atom. The summed E-state index contributed by atoms with van der Waals surface area (Å²) in [5.41, 5.74) is 3.03. The van der Waals surface area contributed by atoms with E-state index in [0.717, 1.165) is 30.1 Å². The summed E-state index contributed by atoms with van der Waals surface area (Å²) in [6.07, 6.45) is 1.47. The van der Waals surface area contributed by atoms with Gasteiger partial charge in [-0.2, -0.15) is 12.6 Å². The van der Waals surface area contributed by atoms with Gasteiger partial charge in [-0.3, -0.25) is 0 Å². The van der Waals surface area contributed by atoms with E-state index in [0.29, 0.717) is 0 Å². The maximum Gasteiger partial charge on any atom is 0.181 e. The minimum absolute atomic E-state index is 0.0735. The van der Waals surface area contributed by atoms with Gasteiger partial charge >= 0.3 is 0 Å². The van der Waals surface area contributed by atoms with Gasteiger partial charge in [0.05, 0.1) is 18.6 Å². The molecule has 1 aromatic heterocycles. The smallest absolute Gasteiger partial charge is 0.181 e. The van der Waals surface area contributed by atoms with E-state index in [1.165, 1.54) is 12.0 Å². The van der Waals surface area contributed by atoms with E-state index < -0.39 is 0 Å². The SMILES string of the molecule is SCC1(c2ccc3ncoc3c2)COC1. The molecule has 4 heteroatoms. The number of rotatable bonds is 2. The number of fused-ring (bicyclic) bond motifs is 1. The molecule has 0 saturated carbocycles. The highest BCUT2D eigenvalue weighted by molar-refractivity contribution is 7.80. The molecule has 78 valence electrons. The largest absolute Gasteiger partial charge is 0.443 e. The Balaban J connectivity index is 2.10. The monoisotopic (exact) mass is 221 g/mol. The number of hydrogen-bond donors (Lipinski definition) is 1. The Bertz CT molecular complexity index is 485. The van der Waals surface area contributed by atoms with Crippen LogP contribution in [-0.4, -0.2) is 24.0 Å². The molecule has 1 aliphatic heterocycles.